The molecule has 0 N–H and O–H groups in total. The Morgan fingerprint density at radius 2 is 2.45 bits per heavy atom. The van der Waals surface area contributed by atoms with Gasteiger partial charge in [-0.25, -0.2) is 0 Å². The molecule has 0 aromatic carbocycles. The van der Waals surface area contributed by atoms with Crippen LogP contribution in [0.3, 0.4) is 0 Å². The minimum atomic E-state index is -0.0489. The molecule has 3 heteroatoms. The molecule has 2 aliphatic rings. The Bertz CT molecular complexity index is 181. The van der Waals surface area contributed by atoms with Crippen LogP contribution in [0.4, 0.5) is 0 Å². The maximum Gasteiger partial charge on any atom is 0.323 e. The molecule has 3 nitrogen and oxygen atoms in total. The van der Waals surface area contributed by atoms with Gasteiger partial charge in [0.25, 0.3) is 0 Å². The molecular formula is C8H13NO2. The van der Waals surface area contributed by atoms with Gasteiger partial charge in [-0.15, -0.1) is 0 Å². The van der Waals surface area contributed by atoms with E-state index < -0.39 is 0 Å². The Morgan fingerprint density at radius 1 is 1.64 bits per heavy atom. The number of rotatable bonds is 1. The summed E-state index contributed by atoms with van der Waals surface area (Å²) in [4.78, 5) is 13.4. The number of nitrogens with zero attached hydrogens (tertiary/aromatic N) is 1. The van der Waals surface area contributed by atoms with Crippen LogP contribution in [-0.4, -0.2) is 37.1 Å². The molecule has 11 heavy (non-hydrogen) atoms. The molecule has 0 aliphatic carbocycles. The first-order chi connectivity index (χ1) is 5.31. The van der Waals surface area contributed by atoms with Crippen LogP contribution in [0.15, 0.2) is 0 Å². The molecule has 0 amide bonds. The third-order valence-electron chi connectivity index (χ3n) is 2.79. The molecule has 2 rings (SSSR count). The van der Waals surface area contributed by atoms with Gasteiger partial charge in [0.2, 0.25) is 0 Å². The molecule has 2 heterocycles. The minimum absolute atomic E-state index is 0.0489. The minimum Gasteiger partial charge on any atom is -0.468 e. The molecule has 3 atom stereocenters. The number of hydrogen-bond acceptors (Lipinski definition) is 3. The second kappa shape index (κ2) is 2.48. The molecule has 2 saturated heterocycles. The standard InChI is InChI=1S/C8H13NO2/c1-11-8(10)7-4-6-2-3-9(7)5-6/h6-7H,2-5H2,1H3. The number of hydrogen-bond donors (Lipinski definition) is 0. The molecule has 62 valence electrons. The molecule has 3 unspecified atom stereocenters. The van der Waals surface area contributed by atoms with E-state index in [-0.39, 0.29) is 12.0 Å². The predicted molar refractivity (Wildman–Crippen MR) is 40.1 cm³/mol. The Hall–Kier alpha value is -0.570. The first kappa shape index (κ1) is 7.10. The van der Waals surface area contributed by atoms with E-state index >= 15 is 0 Å². The smallest absolute Gasteiger partial charge is 0.323 e. The highest BCUT2D eigenvalue weighted by Crippen LogP contribution is 2.32. The van der Waals surface area contributed by atoms with Crippen molar-refractivity contribution in [3.8, 4) is 0 Å². The van der Waals surface area contributed by atoms with Crippen molar-refractivity contribution in [2.45, 2.75) is 18.9 Å². The highest BCUT2D eigenvalue weighted by Gasteiger charge is 2.41. The molecule has 2 fully saturated rings. The summed E-state index contributed by atoms with van der Waals surface area (Å²) in [6.45, 7) is 2.20. The fourth-order valence-corrected chi connectivity index (χ4v) is 2.18. The van der Waals surface area contributed by atoms with Crippen LogP contribution >= 0.6 is 0 Å². The summed E-state index contributed by atoms with van der Waals surface area (Å²) in [6.07, 6.45) is 2.29. The molecular weight excluding hydrogens is 142 g/mol. The van der Waals surface area contributed by atoms with Gasteiger partial charge in [-0.3, -0.25) is 9.69 Å². The van der Waals surface area contributed by atoms with Gasteiger partial charge in [0.05, 0.1) is 7.11 Å². The largest absolute Gasteiger partial charge is 0.468 e. The van der Waals surface area contributed by atoms with Crippen molar-refractivity contribution < 1.29 is 9.53 Å². The van der Waals surface area contributed by atoms with Crippen LogP contribution in [0.5, 0.6) is 0 Å². The van der Waals surface area contributed by atoms with Gasteiger partial charge in [-0.1, -0.05) is 0 Å². The highest BCUT2D eigenvalue weighted by atomic mass is 16.5. The third-order valence-corrected chi connectivity index (χ3v) is 2.79. The molecule has 0 aromatic rings. The lowest BCUT2D eigenvalue weighted by Crippen LogP contribution is -2.37. The second-order valence-corrected chi connectivity index (χ2v) is 3.42. The number of ether oxygens (including phenoxy) is 1. The van der Waals surface area contributed by atoms with E-state index in [0.29, 0.717) is 0 Å². The zero-order chi connectivity index (χ0) is 7.84. The number of carbonyl (C=O) groups excluding carboxylic acids is 1. The van der Waals surface area contributed by atoms with E-state index in [1.54, 1.807) is 0 Å². The molecule has 2 bridgehead atoms. The summed E-state index contributed by atoms with van der Waals surface area (Å²) < 4.78 is 4.71. The number of esters is 1. The van der Waals surface area contributed by atoms with Gasteiger partial charge in [0.1, 0.15) is 6.04 Å². The maximum absolute atomic E-state index is 11.1. The fourth-order valence-electron chi connectivity index (χ4n) is 2.18. The SMILES string of the molecule is COC(=O)C1CC2CCN1C2. The summed E-state index contributed by atoms with van der Waals surface area (Å²) in [5.41, 5.74) is 0. The topological polar surface area (TPSA) is 29.5 Å². The van der Waals surface area contributed by atoms with E-state index in [4.69, 9.17) is 4.74 Å². The van der Waals surface area contributed by atoms with Crippen LogP contribution in [0.25, 0.3) is 0 Å². The van der Waals surface area contributed by atoms with Crippen LogP contribution in [0.2, 0.25) is 0 Å². The lowest BCUT2D eigenvalue weighted by molar-refractivity contribution is -0.146. The summed E-state index contributed by atoms with van der Waals surface area (Å²) in [5.74, 6) is 0.714. The van der Waals surface area contributed by atoms with Gasteiger partial charge in [-0.05, 0) is 25.3 Å². The molecule has 0 saturated carbocycles. The average Bonchev–Trinajstić information content (AvgIpc) is 2.62. The van der Waals surface area contributed by atoms with Crippen molar-refractivity contribution in [1.82, 2.24) is 4.90 Å². The van der Waals surface area contributed by atoms with Gasteiger partial charge in [0.15, 0.2) is 0 Å². The first-order valence-electron chi connectivity index (χ1n) is 4.13. The lowest BCUT2D eigenvalue weighted by Gasteiger charge is -2.21. The Kier molecular flexibility index (Phi) is 1.60. The third kappa shape index (κ3) is 1.03. The molecule has 0 spiro atoms. The van der Waals surface area contributed by atoms with Crippen molar-refractivity contribution in [2.75, 3.05) is 20.2 Å². The summed E-state index contributed by atoms with van der Waals surface area (Å²) in [5, 5.41) is 0. The van der Waals surface area contributed by atoms with E-state index in [1.807, 2.05) is 0 Å². The summed E-state index contributed by atoms with van der Waals surface area (Å²) in [6, 6.07) is 0.0822. The molecule has 0 aromatic heterocycles. The molecule has 0 radical (unpaired) electrons. The monoisotopic (exact) mass is 155 g/mol. The van der Waals surface area contributed by atoms with Crippen molar-refractivity contribution in [2.24, 2.45) is 5.92 Å². The number of piperidine rings is 1. The Balaban J connectivity index is 2.02. The van der Waals surface area contributed by atoms with E-state index in [2.05, 4.69) is 4.90 Å². The molecule has 2 aliphatic heterocycles. The Morgan fingerprint density at radius 3 is 2.91 bits per heavy atom. The predicted octanol–water partition coefficient (Wildman–Crippen LogP) is 0.254. The van der Waals surface area contributed by atoms with Crippen LogP contribution in [0, 0.1) is 5.92 Å². The first-order valence-corrected chi connectivity index (χ1v) is 4.13. The van der Waals surface area contributed by atoms with Gasteiger partial charge in [-0.2, -0.15) is 0 Å². The van der Waals surface area contributed by atoms with Crippen LogP contribution in [-0.2, 0) is 9.53 Å². The zero-order valence-electron chi connectivity index (χ0n) is 6.75. The van der Waals surface area contributed by atoms with Gasteiger partial charge < -0.3 is 4.74 Å². The van der Waals surface area contributed by atoms with Crippen molar-refractivity contribution in [1.29, 1.82) is 0 Å². The number of carbonyl (C=O) groups is 1. The Labute approximate surface area is 66.3 Å². The lowest BCUT2D eigenvalue weighted by atomic mass is 10.0. The van der Waals surface area contributed by atoms with Crippen molar-refractivity contribution in [3.63, 3.8) is 0 Å². The maximum atomic E-state index is 11.1. The van der Waals surface area contributed by atoms with Crippen LogP contribution < -0.4 is 0 Å². The van der Waals surface area contributed by atoms with E-state index in [1.165, 1.54) is 13.5 Å². The fraction of sp³-hybridized carbons (Fsp3) is 0.875. The second-order valence-electron chi connectivity index (χ2n) is 3.42. The zero-order valence-corrected chi connectivity index (χ0v) is 6.75. The van der Waals surface area contributed by atoms with E-state index in [0.717, 1.165) is 25.4 Å². The highest BCUT2D eigenvalue weighted by molar-refractivity contribution is 5.76. The van der Waals surface area contributed by atoms with Crippen molar-refractivity contribution in [3.05, 3.63) is 0 Å². The summed E-state index contributed by atoms with van der Waals surface area (Å²) >= 11 is 0. The van der Waals surface area contributed by atoms with Gasteiger partial charge >= 0.3 is 5.97 Å². The van der Waals surface area contributed by atoms with Crippen molar-refractivity contribution >= 4 is 5.97 Å². The quantitative estimate of drug-likeness (QED) is 0.508. The number of methoxy groups -OCH3 is 1. The van der Waals surface area contributed by atoms with E-state index in [9.17, 15) is 4.79 Å². The normalized spacial score (nSPS) is 41.0. The summed E-state index contributed by atoms with van der Waals surface area (Å²) in [7, 11) is 1.47. The van der Waals surface area contributed by atoms with Gasteiger partial charge in [0, 0.05) is 6.54 Å². The average molecular weight is 155 g/mol. The van der Waals surface area contributed by atoms with Crippen LogP contribution in [0.1, 0.15) is 12.8 Å². The number of fused-ring (bicyclic) bond motifs is 2.